The van der Waals surface area contributed by atoms with Gasteiger partial charge in [0.1, 0.15) is 5.58 Å². The monoisotopic (exact) mass is 436 g/mol. The lowest BCUT2D eigenvalue weighted by Gasteiger charge is -2.16. The van der Waals surface area contributed by atoms with Crippen LogP contribution in [0.2, 0.25) is 0 Å². The van der Waals surface area contributed by atoms with Crippen LogP contribution in [0.3, 0.4) is 0 Å². The van der Waals surface area contributed by atoms with Gasteiger partial charge in [-0.1, -0.05) is 24.3 Å². The molecule has 2 aromatic carbocycles. The summed E-state index contributed by atoms with van der Waals surface area (Å²) >= 11 is 0. The number of methoxy groups -OCH3 is 1. The van der Waals surface area contributed by atoms with E-state index in [0.717, 1.165) is 10.9 Å². The number of ether oxygens (including phenoxy) is 3. The minimum absolute atomic E-state index is 0.164. The van der Waals surface area contributed by atoms with Gasteiger partial charge in [-0.25, -0.2) is 10.2 Å². The lowest BCUT2D eigenvalue weighted by atomic mass is 10.1. The molecule has 1 heterocycles. The summed E-state index contributed by atoms with van der Waals surface area (Å²) < 4.78 is 21.5. The molecule has 0 saturated heterocycles. The Morgan fingerprint density at radius 3 is 2.72 bits per heavy atom. The van der Waals surface area contributed by atoms with Crippen molar-refractivity contribution in [3.63, 3.8) is 0 Å². The van der Waals surface area contributed by atoms with Crippen molar-refractivity contribution in [1.29, 1.82) is 0 Å². The van der Waals surface area contributed by atoms with E-state index >= 15 is 0 Å². The zero-order chi connectivity index (χ0) is 22.9. The van der Waals surface area contributed by atoms with Gasteiger partial charge in [0.15, 0.2) is 23.9 Å². The number of carbonyl (C=O) groups is 2. The van der Waals surface area contributed by atoms with E-state index in [1.165, 1.54) is 13.3 Å². The van der Waals surface area contributed by atoms with Gasteiger partial charge in [-0.2, -0.15) is 5.10 Å². The van der Waals surface area contributed by atoms with E-state index in [2.05, 4.69) is 21.8 Å². The summed E-state index contributed by atoms with van der Waals surface area (Å²) in [5, 5.41) is 4.86. The standard InChI is InChI=1S/C24H24N2O6/c1-4-8-18-11-16(12-20(30-5-2)23(18)31-15-22(27)29-3)14-25-26-24(28)21-13-17-9-6-7-10-19(17)32-21/h4,6-7,9-14H,1,5,8,15H2,2-3H3,(H,26,28)/b25-14+. The first-order valence-electron chi connectivity index (χ1n) is 9.98. The molecule has 1 N–H and O–H groups in total. The van der Waals surface area contributed by atoms with Gasteiger partial charge in [-0.05, 0) is 43.2 Å². The molecule has 0 fully saturated rings. The van der Waals surface area contributed by atoms with Crippen LogP contribution in [0.25, 0.3) is 11.0 Å². The predicted molar refractivity (Wildman–Crippen MR) is 120 cm³/mol. The summed E-state index contributed by atoms with van der Waals surface area (Å²) in [6, 6.07) is 12.5. The van der Waals surface area contributed by atoms with E-state index in [1.54, 1.807) is 24.3 Å². The van der Waals surface area contributed by atoms with Crippen LogP contribution in [0.1, 0.15) is 28.6 Å². The van der Waals surface area contributed by atoms with Crippen LogP contribution in [0, 0.1) is 0 Å². The van der Waals surface area contributed by atoms with Crippen molar-refractivity contribution in [2.24, 2.45) is 5.10 Å². The number of rotatable bonds is 10. The average Bonchev–Trinajstić information content (AvgIpc) is 3.23. The topological polar surface area (TPSA) is 99.4 Å². The van der Waals surface area contributed by atoms with Crippen molar-refractivity contribution in [3.8, 4) is 11.5 Å². The number of nitrogens with one attached hydrogen (secondary N) is 1. The van der Waals surface area contributed by atoms with Gasteiger partial charge in [-0.3, -0.25) is 4.79 Å². The molecule has 3 aromatic rings. The largest absolute Gasteiger partial charge is 0.490 e. The van der Waals surface area contributed by atoms with E-state index in [-0.39, 0.29) is 12.4 Å². The number of amides is 1. The number of furan rings is 1. The first-order valence-corrected chi connectivity index (χ1v) is 9.98. The van der Waals surface area contributed by atoms with Gasteiger partial charge in [0, 0.05) is 10.9 Å². The number of para-hydroxylation sites is 1. The molecule has 0 atom stereocenters. The number of hydrogen-bond acceptors (Lipinski definition) is 7. The van der Waals surface area contributed by atoms with E-state index in [4.69, 9.17) is 13.9 Å². The molecule has 8 heteroatoms. The van der Waals surface area contributed by atoms with Gasteiger partial charge in [-0.15, -0.1) is 6.58 Å². The number of allylic oxidation sites excluding steroid dienone is 1. The molecule has 0 saturated carbocycles. The van der Waals surface area contributed by atoms with E-state index in [9.17, 15) is 9.59 Å². The molecule has 0 bridgehead atoms. The first-order chi connectivity index (χ1) is 15.5. The number of fused-ring (bicyclic) bond motifs is 1. The predicted octanol–water partition coefficient (Wildman–Crippen LogP) is 3.88. The fraction of sp³-hybridized carbons (Fsp3) is 0.208. The molecular formula is C24H24N2O6. The second-order valence-electron chi connectivity index (χ2n) is 6.65. The van der Waals surface area contributed by atoms with Gasteiger partial charge < -0.3 is 18.6 Å². The Hall–Kier alpha value is -4.07. The molecule has 0 aliphatic rings. The molecule has 0 spiro atoms. The smallest absolute Gasteiger partial charge is 0.343 e. The number of hydrazone groups is 1. The molecule has 0 radical (unpaired) electrons. The second-order valence-corrected chi connectivity index (χ2v) is 6.65. The molecule has 8 nitrogen and oxygen atoms in total. The van der Waals surface area contributed by atoms with Gasteiger partial charge in [0.25, 0.3) is 0 Å². The highest BCUT2D eigenvalue weighted by molar-refractivity contribution is 5.96. The summed E-state index contributed by atoms with van der Waals surface area (Å²) in [7, 11) is 1.29. The quantitative estimate of drug-likeness (QED) is 0.224. The zero-order valence-corrected chi connectivity index (χ0v) is 17.9. The number of hydrogen-bond donors (Lipinski definition) is 1. The van der Waals surface area contributed by atoms with Crippen LogP contribution in [-0.2, 0) is 16.0 Å². The van der Waals surface area contributed by atoms with Crippen LogP contribution in [0.4, 0.5) is 0 Å². The van der Waals surface area contributed by atoms with Crippen LogP contribution in [0.15, 0.2) is 64.6 Å². The Bertz CT molecular complexity index is 1120. The van der Waals surface area contributed by atoms with Crippen molar-refractivity contribution >= 4 is 29.1 Å². The summed E-state index contributed by atoms with van der Waals surface area (Å²) in [5.41, 5.74) is 4.50. The number of benzene rings is 2. The van der Waals surface area contributed by atoms with Crippen molar-refractivity contribution in [2.45, 2.75) is 13.3 Å². The Labute approximate surface area is 185 Å². The third kappa shape index (κ3) is 5.54. The maximum Gasteiger partial charge on any atom is 0.343 e. The first kappa shape index (κ1) is 22.6. The molecule has 1 aromatic heterocycles. The summed E-state index contributed by atoms with van der Waals surface area (Å²) in [6.45, 7) is 5.75. The molecular weight excluding hydrogens is 412 g/mol. The SMILES string of the molecule is C=CCc1cc(/C=N/NC(=O)c2cc3ccccc3o2)cc(OCC)c1OCC(=O)OC. The summed E-state index contributed by atoms with van der Waals surface area (Å²) in [6.07, 6.45) is 3.67. The molecule has 0 aliphatic carbocycles. The highest BCUT2D eigenvalue weighted by Gasteiger charge is 2.15. The summed E-state index contributed by atoms with van der Waals surface area (Å²) in [4.78, 5) is 23.8. The molecule has 0 aliphatic heterocycles. The molecule has 1 amide bonds. The highest BCUT2D eigenvalue weighted by Crippen LogP contribution is 2.33. The lowest BCUT2D eigenvalue weighted by molar-refractivity contribution is -0.142. The van der Waals surface area contributed by atoms with E-state index in [0.29, 0.717) is 35.7 Å². The molecule has 32 heavy (non-hydrogen) atoms. The zero-order valence-electron chi connectivity index (χ0n) is 17.9. The number of nitrogens with zero attached hydrogens (tertiary/aromatic N) is 1. The Morgan fingerprint density at radius 1 is 1.19 bits per heavy atom. The lowest BCUT2D eigenvalue weighted by Crippen LogP contribution is -2.17. The Kier molecular flexibility index (Phi) is 7.64. The van der Waals surface area contributed by atoms with Crippen molar-refractivity contribution in [1.82, 2.24) is 5.43 Å². The van der Waals surface area contributed by atoms with Crippen LogP contribution in [-0.4, -0.2) is 38.4 Å². The summed E-state index contributed by atoms with van der Waals surface area (Å²) in [5.74, 6) is 0.0708. The van der Waals surface area contributed by atoms with Crippen molar-refractivity contribution in [3.05, 3.63) is 72.0 Å². The minimum atomic E-state index is -0.504. The fourth-order valence-corrected chi connectivity index (χ4v) is 3.00. The average molecular weight is 436 g/mol. The van der Waals surface area contributed by atoms with E-state index < -0.39 is 11.9 Å². The third-order valence-corrected chi connectivity index (χ3v) is 4.41. The Balaban J connectivity index is 1.79. The maximum absolute atomic E-state index is 12.4. The van der Waals surface area contributed by atoms with E-state index in [1.807, 2.05) is 31.2 Å². The minimum Gasteiger partial charge on any atom is -0.490 e. The molecule has 0 unspecified atom stereocenters. The van der Waals surface area contributed by atoms with Crippen LogP contribution < -0.4 is 14.9 Å². The fourth-order valence-electron chi connectivity index (χ4n) is 3.00. The third-order valence-electron chi connectivity index (χ3n) is 4.41. The Morgan fingerprint density at radius 2 is 2.00 bits per heavy atom. The van der Waals surface area contributed by atoms with Gasteiger partial charge in [0.2, 0.25) is 0 Å². The van der Waals surface area contributed by atoms with Crippen molar-refractivity contribution < 1.29 is 28.2 Å². The maximum atomic E-state index is 12.4. The highest BCUT2D eigenvalue weighted by atomic mass is 16.6. The normalized spacial score (nSPS) is 10.8. The van der Waals surface area contributed by atoms with Crippen LogP contribution >= 0.6 is 0 Å². The van der Waals surface area contributed by atoms with Crippen LogP contribution in [0.5, 0.6) is 11.5 Å². The molecule has 166 valence electrons. The van der Waals surface area contributed by atoms with Gasteiger partial charge >= 0.3 is 11.9 Å². The second kappa shape index (κ2) is 10.8. The van der Waals surface area contributed by atoms with Crippen molar-refractivity contribution in [2.75, 3.05) is 20.3 Å². The van der Waals surface area contributed by atoms with Gasteiger partial charge in [0.05, 0.1) is 19.9 Å². The number of esters is 1. The number of carbonyl (C=O) groups excluding carboxylic acids is 2. The molecule has 3 rings (SSSR count).